The van der Waals surface area contributed by atoms with Gasteiger partial charge in [0.1, 0.15) is 0 Å². The molecule has 1 aliphatic rings. The molecule has 0 aliphatic heterocycles. The number of ether oxygens (including phenoxy) is 2. The van der Waals surface area contributed by atoms with Crippen molar-refractivity contribution in [3.05, 3.63) is 22.7 Å². The quantitative estimate of drug-likeness (QED) is 0.742. The summed E-state index contributed by atoms with van der Waals surface area (Å²) in [5, 5.41) is 8.76. The number of carboxylic acid groups (broad SMARTS) is 1. The van der Waals surface area contributed by atoms with E-state index in [9.17, 15) is 14.4 Å². The molecule has 0 heterocycles. The van der Waals surface area contributed by atoms with Crippen LogP contribution in [0, 0.1) is 5.92 Å². The van der Waals surface area contributed by atoms with Gasteiger partial charge >= 0.3 is 5.97 Å². The van der Waals surface area contributed by atoms with Crippen molar-refractivity contribution in [2.24, 2.45) is 5.92 Å². The molecule has 0 aromatic rings. The molecule has 1 N–H and O–H groups in total. The van der Waals surface area contributed by atoms with Gasteiger partial charge in [-0.3, -0.25) is 14.4 Å². The van der Waals surface area contributed by atoms with Gasteiger partial charge in [-0.25, -0.2) is 0 Å². The fourth-order valence-corrected chi connectivity index (χ4v) is 2.19. The maximum Gasteiger partial charge on any atom is 0.303 e. The van der Waals surface area contributed by atoms with Gasteiger partial charge in [0.15, 0.2) is 11.5 Å². The number of rotatable bonds is 6. The molecule has 1 atom stereocenters. The number of allylic oxidation sites excluding steroid dienone is 2. The Balaban J connectivity index is 3.13. The van der Waals surface area contributed by atoms with Gasteiger partial charge in [-0.15, -0.1) is 0 Å². The fraction of sp³-hybridized carbons (Fsp3) is 0.500. The van der Waals surface area contributed by atoms with Crippen molar-refractivity contribution in [3.63, 3.8) is 0 Å². The number of carbonyl (C=O) groups is 3. The number of methoxy groups -OCH3 is 2. The number of hydrogen-bond donors (Lipinski definition) is 1. The van der Waals surface area contributed by atoms with Crippen LogP contribution in [0.25, 0.3) is 0 Å². The summed E-state index contributed by atoms with van der Waals surface area (Å²) in [4.78, 5) is 35.1. The van der Waals surface area contributed by atoms with E-state index in [4.69, 9.17) is 14.6 Å². The highest BCUT2D eigenvalue weighted by Crippen LogP contribution is 2.30. The van der Waals surface area contributed by atoms with Gasteiger partial charge in [-0.05, 0) is 19.3 Å². The molecule has 0 bridgehead atoms. The van der Waals surface area contributed by atoms with E-state index in [0.29, 0.717) is 0 Å². The number of carboxylic acids is 1. The van der Waals surface area contributed by atoms with Crippen molar-refractivity contribution < 1.29 is 29.0 Å². The van der Waals surface area contributed by atoms with E-state index in [2.05, 4.69) is 0 Å². The molecule has 6 nitrogen and oxygen atoms in total. The van der Waals surface area contributed by atoms with Gasteiger partial charge in [-0.2, -0.15) is 0 Å². The first-order valence-corrected chi connectivity index (χ1v) is 6.16. The highest BCUT2D eigenvalue weighted by Gasteiger charge is 2.35. The molecule has 0 fully saturated rings. The van der Waals surface area contributed by atoms with E-state index in [1.807, 2.05) is 0 Å². The molecule has 0 aromatic heterocycles. The summed E-state index contributed by atoms with van der Waals surface area (Å²) in [6, 6.07) is 0. The number of carbonyl (C=O) groups excluding carboxylic acids is 2. The average Bonchev–Trinajstić information content (AvgIpc) is 2.36. The topological polar surface area (TPSA) is 89.9 Å². The molecule has 0 saturated heterocycles. The number of Topliss-reactive ketones (excluding diaryl/α,β-unsaturated/α-hetero) is 2. The maximum atomic E-state index is 12.3. The molecule has 0 saturated carbocycles. The zero-order valence-corrected chi connectivity index (χ0v) is 12.0. The van der Waals surface area contributed by atoms with Crippen LogP contribution < -0.4 is 0 Å². The van der Waals surface area contributed by atoms with Crippen LogP contribution in [-0.2, 0) is 23.9 Å². The van der Waals surface area contributed by atoms with Crippen LogP contribution in [0.1, 0.15) is 26.7 Å². The summed E-state index contributed by atoms with van der Waals surface area (Å²) in [6.07, 6.45) is 0.0627. The predicted octanol–water partition coefficient (Wildman–Crippen LogP) is 1.46. The van der Waals surface area contributed by atoms with Crippen LogP contribution in [0.5, 0.6) is 0 Å². The van der Waals surface area contributed by atoms with Crippen LogP contribution in [0.15, 0.2) is 22.7 Å². The van der Waals surface area contributed by atoms with Gasteiger partial charge in [0.05, 0.1) is 14.2 Å². The van der Waals surface area contributed by atoms with Gasteiger partial charge in [-0.1, -0.05) is 6.92 Å². The van der Waals surface area contributed by atoms with Crippen LogP contribution in [0.3, 0.4) is 0 Å². The molecule has 0 aromatic carbocycles. The molecular formula is C14H18O6. The molecule has 0 spiro atoms. The van der Waals surface area contributed by atoms with Gasteiger partial charge < -0.3 is 14.6 Å². The molecule has 0 radical (unpaired) electrons. The number of aliphatic carboxylic acids is 1. The third-order valence-electron chi connectivity index (χ3n) is 3.13. The molecule has 110 valence electrons. The molecule has 1 aliphatic carbocycles. The average molecular weight is 282 g/mol. The van der Waals surface area contributed by atoms with Crippen LogP contribution in [0.4, 0.5) is 0 Å². The summed E-state index contributed by atoms with van der Waals surface area (Å²) in [5.41, 5.74) is 0.373. The standard InChI is InChI=1S/C14H18O6/c1-7(6-10(15)16)5-9-12(18)13(19-3)8(2)11(17)14(9)20-4/h7H,5-6H2,1-4H3,(H,15,16). The Bertz CT molecular complexity index is 512. The SMILES string of the molecule is COC1=C(C)C(=O)C(OC)=C(CC(C)CC(=O)O)C1=O. The number of hydrogen-bond acceptors (Lipinski definition) is 5. The minimum atomic E-state index is -0.953. The summed E-state index contributed by atoms with van der Waals surface area (Å²) in [6.45, 7) is 3.19. The minimum Gasteiger partial charge on any atom is -0.492 e. The molecule has 20 heavy (non-hydrogen) atoms. The molecule has 1 rings (SSSR count). The van der Waals surface area contributed by atoms with Crippen LogP contribution in [0.2, 0.25) is 0 Å². The highest BCUT2D eigenvalue weighted by atomic mass is 16.5. The lowest BCUT2D eigenvalue weighted by molar-refractivity contribution is -0.138. The summed E-state index contributed by atoms with van der Waals surface area (Å²) < 4.78 is 10.0. The van der Waals surface area contributed by atoms with Crippen molar-refractivity contribution >= 4 is 17.5 Å². The fourth-order valence-electron chi connectivity index (χ4n) is 2.19. The second-order valence-corrected chi connectivity index (χ2v) is 4.74. The van der Waals surface area contributed by atoms with E-state index in [0.717, 1.165) is 0 Å². The molecular weight excluding hydrogens is 264 g/mol. The van der Waals surface area contributed by atoms with Crippen LogP contribution >= 0.6 is 0 Å². The summed E-state index contributed by atoms with van der Waals surface area (Å²) in [5.74, 6) is -2.09. The molecule has 1 unspecified atom stereocenters. The third-order valence-corrected chi connectivity index (χ3v) is 3.13. The molecule has 0 amide bonds. The normalized spacial score (nSPS) is 17.4. The first-order chi connectivity index (χ1) is 9.33. The first-order valence-electron chi connectivity index (χ1n) is 6.16. The summed E-state index contributed by atoms with van der Waals surface area (Å²) >= 11 is 0. The van der Waals surface area contributed by atoms with E-state index < -0.39 is 17.5 Å². The van der Waals surface area contributed by atoms with Crippen molar-refractivity contribution in [3.8, 4) is 0 Å². The second-order valence-electron chi connectivity index (χ2n) is 4.74. The first kappa shape index (κ1) is 15.9. The van der Waals surface area contributed by atoms with Gasteiger partial charge in [0.25, 0.3) is 0 Å². The smallest absolute Gasteiger partial charge is 0.303 e. The Morgan fingerprint density at radius 3 is 2.15 bits per heavy atom. The maximum absolute atomic E-state index is 12.3. The Morgan fingerprint density at radius 1 is 1.15 bits per heavy atom. The van der Waals surface area contributed by atoms with Crippen molar-refractivity contribution in [2.75, 3.05) is 14.2 Å². The minimum absolute atomic E-state index is 0.00618. The van der Waals surface area contributed by atoms with E-state index >= 15 is 0 Å². The zero-order valence-electron chi connectivity index (χ0n) is 12.0. The van der Waals surface area contributed by atoms with Crippen molar-refractivity contribution in [2.45, 2.75) is 26.7 Å². The Hall–Kier alpha value is -2.11. The van der Waals surface area contributed by atoms with E-state index in [1.54, 1.807) is 6.92 Å². The van der Waals surface area contributed by atoms with Crippen molar-refractivity contribution in [1.82, 2.24) is 0 Å². The number of ketones is 2. The molecule has 6 heteroatoms. The van der Waals surface area contributed by atoms with Crippen molar-refractivity contribution in [1.29, 1.82) is 0 Å². The largest absolute Gasteiger partial charge is 0.492 e. The zero-order chi connectivity index (χ0) is 15.4. The Labute approximate surface area is 117 Å². The van der Waals surface area contributed by atoms with Gasteiger partial charge in [0.2, 0.25) is 11.6 Å². The highest BCUT2D eigenvalue weighted by molar-refractivity contribution is 6.23. The Kier molecular flexibility index (Phi) is 5.07. The third kappa shape index (κ3) is 3.07. The summed E-state index contributed by atoms with van der Waals surface area (Å²) in [7, 11) is 2.63. The van der Waals surface area contributed by atoms with E-state index in [-0.39, 0.29) is 41.4 Å². The van der Waals surface area contributed by atoms with Crippen LogP contribution in [-0.4, -0.2) is 36.9 Å². The lowest BCUT2D eigenvalue weighted by Gasteiger charge is -2.21. The second kappa shape index (κ2) is 6.36. The lowest BCUT2D eigenvalue weighted by Crippen LogP contribution is -2.26. The van der Waals surface area contributed by atoms with Gasteiger partial charge in [0, 0.05) is 17.6 Å². The Morgan fingerprint density at radius 2 is 1.70 bits per heavy atom. The van der Waals surface area contributed by atoms with E-state index in [1.165, 1.54) is 21.1 Å². The monoisotopic (exact) mass is 282 g/mol. The predicted molar refractivity (Wildman–Crippen MR) is 69.8 cm³/mol. The lowest BCUT2D eigenvalue weighted by atomic mass is 9.87.